The number of hydrogen-bond acceptors (Lipinski definition) is 4. The number of amides is 1. The van der Waals surface area contributed by atoms with Crippen LogP contribution in [-0.4, -0.2) is 21.2 Å². The van der Waals surface area contributed by atoms with Crippen molar-refractivity contribution in [2.24, 2.45) is 0 Å². The van der Waals surface area contributed by atoms with Crippen molar-refractivity contribution in [2.75, 3.05) is 5.32 Å². The number of nitriles is 1. The fraction of sp³-hybridized carbons (Fsp3) is 0. The first-order valence-corrected chi connectivity index (χ1v) is 6.49. The molecule has 0 fully saturated rings. The highest BCUT2D eigenvalue weighted by Crippen LogP contribution is 2.36. The highest BCUT2D eigenvalue weighted by Gasteiger charge is 2.18. The molecule has 2 N–H and O–H groups in total. The second-order valence-electron chi connectivity index (χ2n) is 3.70. The van der Waals surface area contributed by atoms with Crippen LogP contribution in [0.1, 0.15) is 5.69 Å². The molecule has 1 amide bonds. The molecule has 2 rings (SSSR count). The molecule has 0 aliphatic rings. The van der Waals surface area contributed by atoms with Crippen molar-refractivity contribution in [1.29, 1.82) is 5.26 Å². The van der Waals surface area contributed by atoms with Crippen LogP contribution in [0, 0.1) is 11.3 Å². The van der Waals surface area contributed by atoms with Crippen molar-refractivity contribution in [3.63, 3.8) is 0 Å². The van der Waals surface area contributed by atoms with Crippen molar-refractivity contribution >= 4 is 46.7 Å². The summed E-state index contributed by atoms with van der Waals surface area (Å²) < 4.78 is 0. The summed E-state index contributed by atoms with van der Waals surface area (Å²) in [5.74, 6) is -0.143. The third-order valence-electron chi connectivity index (χ3n) is 2.39. The van der Waals surface area contributed by atoms with Gasteiger partial charge in [-0.2, -0.15) is 5.26 Å². The quantitative estimate of drug-likeness (QED) is 0.856. The van der Waals surface area contributed by atoms with Crippen molar-refractivity contribution in [2.45, 2.75) is 0 Å². The average Bonchev–Trinajstić information content (AvgIpc) is 2.42. The Morgan fingerprint density at radius 3 is 2.62 bits per heavy atom. The number of anilines is 1. The fourth-order valence-electron chi connectivity index (χ4n) is 1.55. The van der Waals surface area contributed by atoms with Crippen LogP contribution in [0.25, 0.3) is 11.3 Å². The molecule has 0 bridgehead atoms. The molecule has 0 atom stereocenters. The van der Waals surface area contributed by atoms with E-state index >= 15 is 0 Å². The van der Waals surface area contributed by atoms with E-state index in [-0.39, 0.29) is 32.4 Å². The Balaban J connectivity index is 2.73. The minimum absolute atomic E-state index is 0.0610. The SMILES string of the molecule is N#Cc1nc(-c2cccc(Cl)c2Cl)c(NC(=O)O)nc1Cl. The van der Waals surface area contributed by atoms with Crippen LogP contribution >= 0.6 is 34.8 Å². The Morgan fingerprint density at radius 1 is 1.29 bits per heavy atom. The Kier molecular flexibility index (Phi) is 4.48. The van der Waals surface area contributed by atoms with Gasteiger partial charge in [-0.3, -0.25) is 5.32 Å². The summed E-state index contributed by atoms with van der Waals surface area (Å²) in [6, 6.07) is 6.50. The van der Waals surface area contributed by atoms with Gasteiger partial charge in [-0.25, -0.2) is 14.8 Å². The minimum atomic E-state index is -1.36. The molecule has 0 aliphatic heterocycles. The van der Waals surface area contributed by atoms with Gasteiger partial charge in [-0.15, -0.1) is 0 Å². The maximum Gasteiger partial charge on any atom is 0.410 e. The van der Waals surface area contributed by atoms with Gasteiger partial charge >= 0.3 is 6.09 Å². The van der Waals surface area contributed by atoms with E-state index in [2.05, 4.69) is 15.3 Å². The molecule has 0 saturated heterocycles. The van der Waals surface area contributed by atoms with Gasteiger partial charge in [0.25, 0.3) is 0 Å². The molecule has 0 radical (unpaired) electrons. The van der Waals surface area contributed by atoms with Crippen LogP contribution in [0.3, 0.4) is 0 Å². The molecule has 2 aromatic rings. The lowest BCUT2D eigenvalue weighted by atomic mass is 10.1. The molecule has 6 nitrogen and oxygen atoms in total. The van der Waals surface area contributed by atoms with Crippen LogP contribution in [0.2, 0.25) is 15.2 Å². The predicted octanol–water partition coefficient (Wildman–Crippen LogP) is 4.07. The van der Waals surface area contributed by atoms with Gasteiger partial charge in [0.2, 0.25) is 0 Å². The summed E-state index contributed by atoms with van der Waals surface area (Å²) in [7, 11) is 0. The Bertz CT molecular complexity index is 774. The molecular weight excluding hydrogens is 339 g/mol. The zero-order chi connectivity index (χ0) is 15.6. The number of carboxylic acid groups (broad SMARTS) is 1. The average molecular weight is 344 g/mol. The van der Waals surface area contributed by atoms with E-state index in [1.807, 2.05) is 0 Å². The van der Waals surface area contributed by atoms with E-state index in [1.165, 1.54) is 0 Å². The van der Waals surface area contributed by atoms with E-state index in [0.717, 1.165) is 0 Å². The largest absolute Gasteiger partial charge is 0.465 e. The van der Waals surface area contributed by atoms with Crippen molar-refractivity contribution in [3.05, 3.63) is 39.1 Å². The number of aromatic nitrogens is 2. The smallest absolute Gasteiger partial charge is 0.410 e. The van der Waals surface area contributed by atoms with Gasteiger partial charge in [0, 0.05) is 5.56 Å². The second kappa shape index (κ2) is 6.14. The van der Waals surface area contributed by atoms with Crippen LogP contribution in [0.5, 0.6) is 0 Å². The lowest BCUT2D eigenvalue weighted by molar-refractivity contribution is 0.209. The van der Waals surface area contributed by atoms with Gasteiger partial charge < -0.3 is 5.11 Å². The van der Waals surface area contributed by atoms with Gasteiger partial charge in [0.05, 0.1) is 10.0 Å². The fourth-order valence-corrected chi connectivity index (χ4v) is 2.11. The first-order chi connectivity index (χ1) is 9.93. The summed E-state index contributed by atoms with van der Waals surface area (Å²) in [6.07, 6.45) is -1.36. The number of rotatable bonds is 2. The molecule has 21 heavy (non-hydrogen) atoms. The number of hydrogen-bond donors (Lipinski definition) is 2. The number of benzene rings is 1. The number of nitrogens with one attached hydrogen (secondary N) is 1. The van der Waals surface area contributed by atoms with Crippen molar-refractivity contribution < 1.29 is 9.90 Å². The molecule has 1 aromatic carbocycles. The molecule has 0 saturated carbocycles. The summed E-state index contributed by atoms with van der Waals surface area (Å²) in [4.78, 5) is 18.6. The first-order valence-electron chi connectivity index (χ1n) is 5.36. The van der Waals surface area contributed by atoms with Crippen LogP contribution in [-0.2, 0) is 0 Å². The van der Waals surface area contributed by atoms with E-state index in [4.69, 9.17) is 45.2 Å². The van der Waals surface area contributed by atoms with Crippen molar-refractivity contribution in [3.8, 4) is 17.3 Å². The van der Waals surface area contributed by atoms with Gasteiger partial charge in [0.15, 0.2) is 16.7 Å². The Hall–Kier alpha value is -2.07. The number of nitrogens with zero attached hydrogens (tertiary/aromatic N) is 3. The van der Waals surface area contributed by atoms with Gasteiger partial charge in [0.1, 0.15) is 11.8 Å². The van der Waals surface area contributed by atoms with Crippen molar-refractivity contribution in [1.82, 2.24) is 9.97 Å². The molecular formula is C12H5Cl3N4O2. The molecule has 1 aromatic heterocycles. The third kappa shape index (κ3) is 3.16. The topological polar surface area (TPSA) is 98.9 Å². The second-order valence-corrected chi connectivity index (χ2v) is 4.85. The minimum Gasteiger partial charge on any atom is -0.465 e. The summed E-state index contributed by atoms with van der Waals surface area (Å²) in [6.45, 7) is 0. The normalized spacial score (nSPS) is 10.0. The summed E-state index contributed by atoms with van der Waals surface area (Å²) in [5, 5.41) is 20.0. The molecule has 0 aliphatic carbocycles. The zero-order valence-electron chi connectivity index (χ0n) is 10.1. The predicted molar refractivity (Wildman–Crippen MR) is 78.9 cm³/mol. The summed E-state index contributed by atoms with van der Waals surface area (Å²) in [5.41, 5.74) is 0.234. The number of carbonyl (C=O) groups is 1. The summed E-state index contributed by atoms with van der Waals surface area (Å²) >= 11 is 17.8. The van der Waals surface area contributed by atoms with E-state index in [0.29, 0.717) is 5.56 Å². The maximum absolute atomic E-state index is 10.8. The molecule has 0 spiro atoms. The highest BCUT2D eigenvalue weighted by molar-refractivity contribution is 6.43. The van der Waals surface area contributed by atoms with Gasteiger partial charge in [-0.05, 0) is 6.07 Å². The zero-order valence-corrected chi connectivity index (χ0v) is 12.3. The standard InChI is InChI=1S/C12H5Cl3N4O2/c13-6-3-1-2-5(8(6)14)9-11(19-12(20)21)18-10(15)7(4-16)17-9/h1-3H,(H,18,19)(H,20,21). The van der Waals surface area contributed by atoms with E-state index in [9.17, 15) is 4.79 Å². The lowest BCUT2D eigenvalue weighted by Gasteiger charge is -2.10. The molecule has 9 heteroatoms. The molecule has 1 heterocycles. The third-order valence-corrected chi connectivity index (χ3v) is 3.47. The van der Waals surface area contributed by atoms with E-state index < -0.39 is 6.09 Å². The lowest BCUT2D eigenvalue weighted by Crippen LogP contribution is -2.12. The monoisotopic (exact) mass is 342 g/mol. The highest BCUT2D eigenvalue weighted by atomic mass is 35.5. The number of halogens is 3. The van der Waals surface area contributed by atoms with Gasteiger partial charge in [-0.1, -0.05) is 46.9 Å². The van der Waals surface area contributed by atoms with Crippen LogP contribution in [0.4, 0.5) is 10.6 Å². The Labute approximate surface area is 133 Å². The molecule has 0 unspecified atom stereocenters. The maximum atomic E-state index is 10.8. The van der Waals surface area contributed by atoms with E-state index in [1.54, 1.807) is 24.3 Å². The molecule has 106 valence electrons. The Morgan fingerprint density at radius 2 is 2.00 bits per heavy atom. The van der Waals surface area contributed by atoms with Crippen LogP contribution < -0.4 is 5.32 Å². The first kappa shape index (κ1) is 15.3. The van der Waals surface area contributed by atoms with Crippen LogP contribution in [0.15, 0.2) is 18.2 Å².